The minimum Gasteiger partial charge on any atom is -0.341 e. The number of imide groups is 1. The van der Waals surface area contributed by atoms with Crippen LogP contribution in [-0.4, -0.2) is 73.6 Å². The maximum Gasteiger partial charge on any atom is 0.321 e. The lowest BCUT2D eigenvalue weighted by atomic mass is 10.0. The fourth-order valence-electron chi connectivity index (χ4n) is 2.97. The van der Waals surface area contributed by atoms with Gasteiger partial charge in [-0.25, -0.2) is 4.79 Å². The quantitative estimate of drug-likeness (QED) is 0.614. The molecule has 2 rings (SSSR count). The summed E-state index contributed by atoms with van der Waals surface area (Å²) >= 11 is 0. The van der Waals surface area contributed by atoms with Crippen LogP contribution in [0.5, 0.6) is 0 Å². The molecule has 0 bridgehead atoms. The zero-order valence-electron chi connectivity index (χ0n) is 12.1. The molecule has 2 saturated heterocycles. The van der Waals surface area contributed by atoms with Gasteiger partial charge in [-0.05, 0) is 32.4 Å². The molecule has 0 aromatic rings. The van der Waals surface area contributed by atoms with E-state index in [2.05, 4.69) is 20.4 Å². The normalized spacial score (nSPS) is 25.6. The average Bonchev–Trinajstić information content (AvgIpc) is 2.87. The first-order chi connectivity index (χ1) is 9.58. The maximum atomic E-state index is 11.7. The van der Waals surface area contributed by atoms with Crippen LogP contribution < -0.4 is 16.4 Å². The lowest BCUT2D eigenvalue weighted by Crippen LogP contribution is -2.47. The zero-order valence-corrected chi connectivity index (χ0v) is 12.1. The Morgan fingerprint density at radius 2 is 1.90 bits per heavy atom. The molecule has 2 aliphatic heterocycles. The first-order valence-corrected chi connectivity index (χ1v) is 7.32. The molecule has 114 valence electrons. The van der Waals surface area contributed by atoms with Gasteiger partial charge in [-0.2, -0.15) is 0 Å². The largest absolute Gasteiger partial charge is 0.341 e. The van der Waals surface area contributed by atoms with Crippen LogP contribution in [0.1, 0.15) is 19.3 Å². The summed E-state index contributed by atoms with van der Waals surface area (Å²) in [4.78, 5) is 27.3. The number of carbonyl (C=O) groups is 2. The summed E-state index contributed by atoms with van der Waals surface area (Å²) in [6.07, 6.45) is 3.21. The van der Waals surface area contributed by atoms with Crippen LogP contribution in [0.4, 0.5) is 4.79 Å². The average molecular weight is 283 g/mol. The van der Waals surface area contributed by atoms with Crippen molar-refractivity contribution in [1.82, 2.24) is 20.4 Å². The van der Waals surface area contributed by atoms with Crippen molar-refractivity contribution in [3.05, 3.63) is 0 Å². The molecular formula is C13H25N5O2. The maximum absolute atomic E-state index is 11.7. The molecule has 0 aliphatic carbocycles. The molecule has 0 saturated carbocycles. The number of carbonyl (C=O) groups excluding carboxylic acids is 2. The lowest BCUT2D eigenvalue weighted by Gasteiger charge is -2.34. The fraction of sp³-hybridized carbons (Fsp3) is 0.846. The van der Waals surface area contributed by atoms with Gasteiger partial charge in [-0.1, -0.05) is 0 Å². The number of hydrogen-bond donors (Lipinski definition) is 3. The number of nitrogens with two attached hydrogens (primary N) is 1. The second kappa shape index (κ2) is 7.01. The van der Waals surface area contributed by atoms with Gasteiger partial charge in [0.2, 0.25) is 5.91 Å². The molecule has 0 aromatic carbocycles. The third-order valence-corrected chi connectivity index (χ3v) is 4.19. The fourth-order valence-corrected chi connectivity index (χ4v) is 2.97. The monoisotopic (exact) mass is 283 g/mol. The van der Waals surface area contributed by atoms with Crippen LogP contribution in [0, 0.1) is 0 Å². The molecule has 1 atom stereocenters. The van der Waals surface area contributed by atoms with E-state index in [0.717, 1.165) is 45.4 Å². The smallest absolute Gasteiger partial charge is 0.321 e. The molecular weight excluding hydrogens is 258 g/mol. The predicted octanol–water partition coefficient (Wildman–Crippen LogP) is -1.06. The predicted molar refractivity (Wildman–Crippen MR) is 76.2 cm³/mol. The van der Waals surface area contributed by atoms with E-state index in [1.807, 2.05) is 0 Å². The minimum absolute atomic E-state index is 0.245. The van der Waals surface area contributed by atoms with Gasteiger partial charge in [0, 0.05) is 32.2 Å². The number of nitrogens with one attached hydrogen (secondary N) is 2. The van der Waals surface area contributed by atoms with Crippen LogP contribution in [0.2, 0.25) is 0 Å². The zero-order chi connectivity index (χ0) is 14.5. The van der Waals surface area contributed by atoms with E-state index in [1.165, 1.54) is 7.05 Å². The number of amides is 3. The molecule has 2 fully saturated rings. The van der Waals surface area contributed by atoms with E-state index in [1.54, 1.807) is 0 Å². The van der Waals surface area contributed by atoms with Gasteiger partial charge in [0.15, 0.2) is 0 Å². The molecule has 4 N–H and O–H groups in total. The Balaban J connectivity index is 1.72. The van der Waals surface area contributed by atoms with E-state index >= 15 is 0 Å². The lowest BCUT2D eigenvalue weighted by molar-refractivity contribution is -0.120. The van der Waals surface area contributed by atoms with Crippen molar-refractivity contribution in [3.8, 4) is 0 Å². The van der Waals surface area contributed by atoms with Gasteiger partial charge < -0.3 is 11.1 Å². The standard InChI is InChI=1S/C13H25N5O2/c1-15-13(20)16-12(19)9-17-5-4-11(8-17)18-6-2-10(14)3-7-18/h10-11H,2-9,14H2,1H3,(H2,15,16,19,20). The summed E-state index contributed by atoms with van der Waals surface area (Å²) in [5, 5.41) is 4.67. The van der Waals surface area contributed by atoms with Crippen LogP contribution >= 0.6 is 0 Å². The van der Waals surface area contributed by atoms with E-state index < -0.39 is 6.03 Å². The van der Waals surface area contributed by atoms with E-state index in [4.69, 9.17) is 5.73 Å². The second-order valence-electron chi connectivity index (χ2n) is 5.68. The Hall–Kier alpha value is -1.18. The molecule has 0 spiro atoms. The highest BCUT2D eigenvalue weighted by Gasteiger charge is 2.30. The van der Waals surface area contributed by atoms with Gasteiger partial charge in [-0.15, -0.1) is 0 Å². The molecule has 2 aliphatic rings. The second-order valence-corrected chi connectivity index (χ2v) is 5.68. The van der Waals surface area contributed by atoms with Gasteiger partial charge in [0.05, 0.1) is 6.54 Å². The number of hydrogen-bond acceptors (Lipinski definition) is 5. The van der Waals surface area contributed by atoms with Crippen LogP contribution in [0.15, 0.2) is 0 Å². The molecule has 7 nitrogen and oxygen atoms in total. The number of rotatable bonds is 3. The van der Waals surface area contributed by atoms with E-state index in [0.29, 0.717) is 12.1 Å². The molecule has 1 unspecified atom stereocenters. The van der Waals surface area contributed by atoms with Crippen LogP contribution in [-0.2, 0) is 4.79 Å². The number of nitrogens with zero attached hydrogens (tertiary/aromatic N) is 2. The van der Waals surface area contributed by atoms with Gasteiger partial charge in [0.1, 0.15) is 0 Å². The Labute approximate surface area is 119 Å². The number of likely N-dealkylation sites (tertiary alicyclic amines) is 2. The highest BCUT2D eigenvalue weighted by atomic mass is 16.2. The molecule has 20 heavy (non-hydrogen) atoms. The van der Waals surface area contributed by atoms with Gasteiger partial charge in [-0.3, -0.25) is 19.9 Å². The van der Waals surface area contributed by atoms with Gasteiger partial charge >= 0.3 is 6.03 Å². The van der Waals surface area contributed by atoms with Crippen LogP contribution in [0.25, 0.3) is 0 Å². The highest BCUT2D eigenvalue weighted by Crippen LogP contribution is 2.19. The van der Waals surface area contributed by atoms with E-state index in [9.17, 15) is 9.59 Å². The molecule has 0 aromatic heterocycles. The summed E-state index contributed by atoms with van der Waals surface area (Å²) in [6.45, 7) is 4.22. The third-order valence-electron chi connectivity index (χ3n) is 4.19. The Morgan fingerprint density at radius 1 is 1.20 bits per heavy atom. The Kier molecular flexibility index (Phi) is 5.33. The van der Waals surface area contributed by atoms with Crippen molar-refractivity contribution >= 4 is 11.9 Å². The summed E-state index contributed by atoms with van der Waals surface area (Å²) in [5.74, 6) is -0.245. The molecule has 0 radical (unpaired) electrons. The summed E-state index contributed by atoms with van der Waals surface area (Å²) < 4.78 is 0. The van der Waals surface area contributed by atoms with Crippen LogP contribution in [0.3, 0.4) is 0 Å². The highest BCUT2D eigenvalue weighted by molar-refractivity contribution is 5.95. The number of piperidine rings is 1. The Morgan fingerprint density at radius 3 is 2.55 bits per heavy atom. The molecule has 2 heterocycles. The van der Waals surface area contributed by atoms with Crippen molar-refractivity contribution in [2.45, 2.75) is 31.3 Å². The van der Waals surface area contributed by atoms with Crippen molar-refractivity contribution in [2.24, 2.45) is 5.73 Å². The van der Waals surface area contributed by atoms with E-state index in [-0.39, 0.29) is 12.5 Å². The van der Waals surface area contributed by atoms with Crippen molar-refractivity contribution in [1.29, 1.82) is 0 Å². The summed E-state index contributed by atoms with van der Waals surface area (Å²) in [7, 11) is 1.50. The third kappa shape index (κ3) is 4.16. The summed E-state index contributed by atoms with van der Waals surface area (Å²) in [6, 6.07) is 0.424. The first-order valence-electron chi connectivity index (χ1n) is 7.32. The van der Waals surface area contributed by atoms with Crippen molar-refractivity contribution in [2.75, 3.05) is 39.8 Å². The Bertz CT molecular complexity index is 355. The molecule has 3 amide bonds. The SMILES string of the molecule is CNC(=O)NC(=O)CN1CCC(N2CCC(N)CC2)C1. The topological polar surface area (TPSA) is 90.7 Å². The van der Waals surface area contributed by atoms with Crippen molar-refractivity contribution in [3.63, 3.8) is 0 Å². The first kappa shape index (κ1) is 15.2. The van der Waals surface area contributed by atoms with Crippen molar-refractivity contribution < 1.29 is 9.59 Å². The minimum atomic E-state index is -0.448. The van der Waals surface area contributed by atoms with Gasteiger partial charge in [0.25, 0.3) is 0 Å². The summed E-state index contributed by atoms with van der Waals surface area (Å²) in [5.41, 5.74) is 5.92. The molecule has 7 heteroatoms. The number of urea groups is 1.